The van der Waals surface area contributed by atoms with Crippen LogP contribution in [0.3, 0.4) is 0 Å². The Kier molecular flexibility index (Phi) is 5.88. The van der Waals surface area contributed by atoms with Gasteiger partial charge in [-0.1, -0.05) is 23.7 Å². The van der Waals surface area contributed by atoms with E-state index in [1.807, 2.05) is 0 Å². The van der Waals surface area contributed by atoms with Crippen molar-refractivity contribution in [2.24, 2.45) is 10.9 Å². The van der Waals surface area contributed by atoms with Gasteiger partial charge in [0, 0.05) is 22.2 Å². The average molecular weight is 423 g/mol. The van der Waals surface area contributed by atoms with Crippen molar-refractivity contribution < 1.29 is 22.6 Å². The Bertz CT molecular complexity index is 1020. The van der Waals surface area contributed by atoms with Crippen molar-refractivity contribution in [1.29, 1.82) is 0 Å². The zero-order valence-corrected chi connectivity index (χ0v) is 15.7. The maximum atomic E-state index is 13.0. The summed E-state index contributed by atoms with van der Waals surface area (Å²) in [6.45, 7) is 0. The van der Waals surface area contributed by atoms with Gasteiger partial charge in [-0.3, -0.25) is 0 Å². The second-order valence-electron chi connectivity index (χ2n) is 5.69. The first kappa shape index (κ1) is 20.4. The highest BCUT2D eigenvalue weighted by molar-refractivity contribution is 6.30. The van der Waals surface area contributed by atoms with Crippen molar-refractivity contribution in [2.45, 2.75) is 6.18 Å². The number of aromatic nitrogens is 2. The number of benzene rings is 2. The molecule has 3 rings (SSSR count). The van der Waals surface area contributed by atoms with Gasteiger partial charge in [0.05, 0.1) is 12.8 Å². The Hall–Kier alpha value is -3.33. The smallest absolute Gasteiger partial charge is 0.433 e. The molecule has 6 nitrogen and oxygen atoms in total. The molecule has 0 unspecified atom stereocenters. The molecule has 0 aliphatic heterocycles. The summed E-state index contributed by atoms with van der Waals surface area (Å²) < 4.78 is 49.0. The lowest BCUT2D eigenvalue weighted by Crippen LogP contribution is -2.10. The third kappa shape index (κ3) is 4.94. The summed E-state index contributed by atoms with van der Waals surface area (Å²) in [5.41, 5.74) is 0.752. The maximum Gasteiger partial charge on any atom is 0.433 e. The number of hydrazone groups is 1. The fourth-order valence-electron chi connectivity index (χ4n) is 2.41. The van der Waals surface area contributed by atoms with Crippen LogP contribution in [0.15, 0.2) is 59.7 Å². The first-order valence-electron chi connectivity index (χ1n) is 8.12. The number of ether oxygens (including phenoxy) is 2. The highest BCUT2D eigenvalue weighted by Crippen LogP contribution is 2.31. The van der Waals surface area contributed by atoms with E-state index in [9.17, 15) is 13.2 Å². The fraction of sp³-hybridized carbons (Fsp3) is 0.105. The van der Waals surface area contributed by atoms with Crippen molar-refractivity contribution in [1.82, 2.24) is 9.97 Å². The van der Waals surface area contributed by atoms with Crippen LogP contribution in [0.25, 0.3) is 0 Å². The highest BCUT2D eigenvalue weighted by Gasteiger charge is 2.34. The Balaban J connectivity index is 1.85. The number of hydrogen-bond donors (Lipinski definition) is 1. The molecular formula is C19H14ClF3N4O2. The van der Waals surface area contributed by atoms with Crippen LogP contribution in [-0.2, 0) is 6.18 Å². The summed E-state index contributed by atoms with van der Waals surface area (Å²) >= 11 is 5.89. The summed E-state index contributed by atoms with van der Waals surface area (Å²) in [6.07, 6.45) is -4.66. The van der Waals surface area contributed by atoms with Crippen LogP contribution in [0.1, 0.15) is 16.8 Å². The number of alkyl halides is 3. The largest absolute Gasteiger partial charge is 0.481 e. The van der Waals surface area contributed by atoms with E-state index in [1.165, 1.54) is 19.2 Å². The molecule has 10 heteroatoms. The third-order valence-corrected chi connectivity index (χ3v) is 4.02. The van der Waals surface area contributed by atoms with E-state index < -0.39 is 17.9 Å². The summed E-state index contributed by atoms with van der Waals surface area (Å²) in [4.78, 5) is 7.16. The van der Waals surface area contributed by atoms with Gasteiger partial charge in [-0.15, -0.1) is 0 Å². The lowest BCUT2D eigenvalue weighted by molar-refractivity contribution is -0.141. The van der Waals surface area contributed by atoms with Crippen LogP contribution in [0.4, 0.5) is 13.2 Å². The second kappa shape index (κ2) is 8.36. The minimum absolute atomic E-state index is 0.225. The van der Waals surface area contributed by atoms with E-state index >= 15 is 0 Å². The Morgan fingerprint density at radius 2 is 1.59 bits per heavy atom. The van der Waals surface area contributed by atoms with Crippen molar-refractivity contribution in [3.8, 4) is 17.6 Å². The minimum Gasteiger partial charge on any atom is -0.481 e. The van der Waals surface area contributed by atoms with Gasteiger partial charge >= 0.3 is 12.2 Å². The van der Waals surface area contributed by atoms with Crippen LogP contribution in [0.5, 0.6) is 17.6 Å². The molecule has 0 aliphatic rings. The number of rotatable bonds is 5. The van der Waals surface area contributed by atoms with Crippen LogP contribution in [0, 0.1) is 0 Å². The van der Waals surface area contributed by atoms with E-state index in [1.54, 1.807) is 36.4 Å². The molecule has 0 saturated heterocycles. The zero-order chi connectivity index (χ0) is 21.0. The van der Waals surface area contributed by atoms with Gasteiger partial charge in [-0.05, 0) is 36.4 Å². The predicted molar refractivity (Wildman–Crippen MR) is 101 cm³/mol. The first-order valence-corrected chi connectivity index (χ1v) is 8.50. The normalized spacial score (nSPS) is 12.0. The van der Waals surface area contributed by atoms with Crippen LogP contribution in [0.2, 0.25) is 5.02 Å². The minimum atomic E-state index is -4.66. The van der Waals surface area contributed by atoms with E-state index in [0.717, 1.165) is 5.56 Å². The molecule has 0 radical (unpaired) electrons. The zero-order valence-electron chi connectivity index (χ0n) is 14.9. The number of methoxy groups -OCH3 is 1. The van der Waals surface area contributed by atoms with Gasteiger partial charge < -0.3 is 15.3 Å². The summed E-state index contributed by atoms with van der Waals surface area (Å²) in [5.74, 6) is 5.47. The molecule has 1 heterocycles. The van der Waals surface area contributed by atoms with Crippen molar-refractivity contribution >= 4 is 17.3 Å². The number of nitrogens with zero attached hydrogens (tertiary/aromatic N) is 3. The number of hydrogen-bond acceptors (Lipinski definition) is 6. The van der Waals surface area contributed by atoms with Crippen LogP contribution >= 0.6 is 11.6 Å². The summed E-state index contributed by atoms with van der Waals surface area (Å²) in [7, 11) is 1.20. The number of nitrogens with two attached hydrogens (primary N) is 1. The van der Waals surface area contributed by atoms with Crippen molar-refractivity contribution in [3.63, 3.8) is 0 Å². The van der Waals surface area contributed by atoms with Gasteiger partial charge in [0.25, 0.3) is 0 Å². The monoisotopic (exact) mass is 422 g/mol. The van der Waals surface area contributed by atoms with Gasteiger partial charge in [0.2, 0.25) is 5.88 Å². The molecule has 0 saturated carbocycles. The van der Waals surface area contributed by atoms with Gasteiger partial charge in [0.15, 0.2) is 5.69 Å². The highest BCUT2D eigenvalue weighted by atomic mass is 35.5. The summed E-state index contributed by atoms with van der Waals surface area (Å²) in [5, 5.41) is 4.37. The van der Waals surface area contributed by atoms with E-state index in [0.29, 0.717) is 22.4 Å². The van der Waals surface area contributed by atoms with E-state index in [-0.39, 0.29) is 11.6 Å². The quantitative estimate of drug-likeness (QED) is 0.367. The third-order valence-electron chi connectivity index (χ3n) is 3.77. The molecule has 29 heavy (non-hydrogen) atoms. The molecule has 0 amide bonds. The first-order chi connectivity index (χ1) is 13.8. The summed E-state index contributed by atoms with van der Waals surface area (Å²) in [6, 6.07) is 13.5. The van der Waals surface area contributed by atoms with Gasteiger partial charge in [0.1, 0.15) is 5.75 Å². The van der Waals surface area contributed by atoms with Crippen molar-refractivity contribution in [2.75, 3.05) is 7.11 Å². The Morgan fingerprint density at radius 3 is 2.10 bits per heavy atom. The molecule has 2 N–H and O–H groups in total. The second-order valence-corrected chi connectivity index (χ2v) is 6.12. The van der Waals surface area contributed by atoms with E-state index in [2.05, 4.69) is 15.1 Å². The SMILES string of the molecule is COc1cc(C(F)(F)F)nc(Oc2ccc(C(=NN)c3ccc(Cl)cc3)cc2)n1. The molecule has 0 fully saturated rings. The molecule has 2 aromatic carbocycles. The Labute approximate surface area is 168 Å². The predicted octanol–water partition coefficient (Wildman–Crippen LogP) is 4.66. The number of halogens is 4. The average Bonchev–Trinajstić information content (AvgIpc) is 2.70. The molecule has 0 bridgehead atoms. The fourth-order valence-corrected chi connectivity index (χ4v) is 2.53. The molecule has 0 atom stereocenters. The lowest BCUT2D eigenvalue weighted by atomic mass is 10.0. The maximum absolute atomic E-state index is 13.0. The standard InChI is InChI=1S/C19H14ClF3N4O2/c1-28-16-10-15(19(21,22)23)25-18(26-16)29-14-8-4-12(5-9-14)17(27-24)11-2-6-13(20)7-3-11/h2-10H,24H2,1H3. The lowest BCUT2D eigenvalue weighted by Gasteiger charge is -2.11. The topological polar surface area (TPSA) is 82.6 Å². The van der Waals surface area contributed by atoms with Crippen LogP contribution in [-0.4, -0.2) is 22.8 Å². The molecule has 1 aromatic heterocycles. The molecule has 3 aromatic rings. The van der Waals surface area contributed by atoms with Crippen molar-refractivity contribution in [3.05, 3.63) is 76.4 Å². The van der Waals surface area contributed by atoms with Gasteiger partial charge in [-0.2, -0.15) is 28.2 Å². The molecule has 0 spiro atoms. The van der Waals surface area contributed by atoms with Crippen LogP contribution < -0.4 is 15.3 Å². The Morgan fingerprint density at radius 1 is 1.00 bits per heavy atom. The molecular weight excluding hydrogens is 409 g/mol. The van der Waals surface area contributed by atoms with Gasteiger partial charge in [-0.25, -0.2) is 0 Å². The van der Waals surface area contributed by atoms with E-state index in [4.69, 9.17) is 26.9 Å². The molecule has 0 aliphatic carbocycles. The molecule has 150 valence electrons.